The number of amides is 1. The highest BCUT2D eigenvalue weighted by atomic mass is 35.5. The second-order valence-corrected chi connectivity index (χ2v) is 7.15. The Bertz CT molecular complexity index is 969. The molecular formula is C21H21ClN4O2. The van der Waals surface area contributed by atoms with Gasteiger partial charge in [0.2, 0.25) is 11.9 Å². The molecular weight excluding hydrogens is 376 g/mol. The molecule has 1 amide bonds. The van der Waals surface area contributed by atoms with Crippen molar-refractivity contribution in [2.45, 2.75) is 31.8 Å². The smallest absolute Gasteiger partial charge is 0.231 e. The first kappa shape index (κ1) is 18.5. The number of benzene rings is 2. The van der Waals surface area contributed by atoms with Crippen molar-refractivity contribution in [3.05, 3.63) is 71.0 Å². The molecule has 0 saturated carbocycles. The second-order valence-electron chi connectivity index (χ2n) is 6.71. The highest BCUT2D eigenvalue weighted by Gasteiger charge is 2.38. The molecule has 0 aliphatic carbocycles. The number of carbonyl (C=O) groups excluding carboxylic acids is 1. The molecule has 0 fully saturated rings. The lowest BCUT2D eigenvalue weighted by atomic mass is 9.91. The van der Waals surface area contributed by atoms with Gasteiger partial charge in [0.25, 0.3) is 0 Å². The van der Waals surface area contributed by atoms with Crippen molar-refractivity contribution in [2.24, 2.45) is 0 Å². The molecule has 7 heteroatoms. The van der Waals surface area contributed by atoms with Crippen LogP contribution in [-0.2, 0) is 4.79 Å². The van der Waals surface area contributed by atoms with Crippen molar-refractivity contribution in [1.29, 1.82) is 0 Å². The fourth-order valence-electron chi connectivity index (χ4n) is 3.72. The van der Waals surface area contributed by atoms with Gasteiger partial charge in [-0.3, -0.25) is 9.69 Å². The number of rotatable bonds is 4. The molecule has 0 N–H and O–H groups in total. The van der Waals surface area contributed by atoms with Crippen LogP contribution in [0.4, 0.5) is 5.95 Å². The first-order valence-corrected chi connectivity index (χ1v) is 9.61. The number of methoxy groups -OCH3 is 1. The molecule has 4 rings (SSSR count). The Morgan fingerprint density at radius 1 is 1.11 bits per heavy atom. The summed E-state index contributed by atoms with van der Waals surface area (Å²) in [5.41, 5.74) is 2.12. The van der Waals surface area contributed by atoms with E-state index in [0.29, 0.717) is 23.8 Å². The van der Waals surface area contributed by atoms with E-state index in [2.05, 4.69) is 10.1 Å². The van der Waals surface area contributed by atoms with Crippen LogP contribution in [0.5, 0.6) is 5.75 Å². The lowest BCUT2D eigenvalue weighted by Crippen LogP contribution is -2.42. The number of fused-ring (bicyclic) bond motifs is 1. The van der Waals surface area contributed by atoms with Crippen LogP contribution in [-0.4, -0.2) is 27.8 Å². The van der Waals surface area contributed by atoms with E-state index in [4.69, 9.17) is 16.3 Å². The number of anilines is 1. The van der Waals surface area contributed by atoms with Gasteiger partial charge < -0.3 is 4.74 Å². The van der Waals surface area contributed by atoms with Crippen LogP contribution in [0.2, 0.25) is 5.02 Å². The summed E-state index contributed by atoms with van der Waals surface area (Å²) < 4.78 is 7.11. The van der Waals surface area contributed by atoms with E-state index in [-0.39, 0.29) is 18.0 Å². The van der Waals surface area contributed by atoms with E-state index in [1.165, 1.54) is 6.33 Å². The zero-order chi connectivity index (χ0) is 19.7. The molecule has 0 spiro atoms. The Hall–Kier alpha value is -2.86. The zero-order valence-electron chi connectivity index (χ0n) is 15.7. The number of halogens is 1. The van der Waals surface area contributed by atoms with E-state index in [9.17, 15) is 4.79 Å². The van der Waals surface area contributed by atoms with Gasteiger partial charge in [-0.2, -0.15) is 10.1 Å². The number of hydrogen-bond acceptors (Lipinski definition) is 4. The van der Waals surface area contributed by atoms with Crippen LogP contribution in [0.3, 0.4) is 0 Å². The van der Waals surface area contributed by atoms with Crippen LogP contribution in [0, 0.1) is 0 Å². The SMILES string of the molecule is CCC(=O)N1c2ncnn2[C@H](c2ccc(OC)cc2)C[C@@H]1c1ccc(Cl)cc1. The molecule has 1 aliphatic heterocycles. The van der Waals surface area contributed by atoms with E-state index in [0.717, 1.165) is 16.9 Å². The summed E-state index contributed by atoms with van der Waals surface area (Å²) in [6.45, 7) is 1.86. The van der Waals surface area contributed by atoms with Crippen LogP contribution < -0.4 is 9.64 Å². The fourth-order valence-corrected chi connectivity index (χ4v) is 3.85. The maximum absolute atomic E-state index is 12.8. The van der Waals surface area contributed by atoms with Crippen LogP contribution in [0.1, 0.15) is 43.0 Å². The summed E-state index contributed by atoms with van der Waals surface area (Å²) in [5, 5.41) is 5.09. The Labute approximate surface area is 168 Å². The topological polar surface area (TPSA) is 60.2 Å². The molecule has 0 bridgehead atoms. The van der Waals surface area contributed by atoms with Crippen molar-refractivity contribution < 1.29 is 9.53 Å². The summed E-state index contributed by atoms with van der Waals surface area (Å²) in [6, 6.07) is 15.4. The molecule has 2 heterocycles. The third-order valence-corrected chi connectivity index (χ3v) is 5.40. The molecule has 0 saturated heterocycles. The molecule has 28 heavy (non-hydrogen) atoms. The molecule has 0 radical (unpaired) electrons. The molecule has 0 unspecified atom stereocenters. The molecule has 1 aromatic heterocycles. The number of nitrogens with zero attached hydrogens (tertiary/aromatic N) is 4. The Kier molecular flexibility index (Phi) is 5.05. The normalized spacial score (nSPS) is 18.6. The van der Waals surface area contributed by atoms with Gasteiger partial charge in [0, 0.05) is 11.4 Å². The third-order valence-electron chi connectivity index (χ3n) is 5.15. The molecule has 3 aromatic rings. The Balaban J connectivity index is 1.80. The van der Waals surface area contributed by atoms with E-state index in [1.54, 1.807) is 12.0 Å². The molecule has 144 valence electrons. The number of ether oxygens (including phenoxy) is 1. The summed E-state index contributed by atoms with van der Waals surface area (Å²) in [5.74, 6) is 1.39. The number of carbonyl (C=O) groups is 1. The summed E-state index contributed by atoms with van der Waals surface area (Å²) in [6.07, 6.45) is 2.59. The van der Waals surface area contributed by atoms with Crippen molar-refractivity contribution in [1.82, 2.24) is 14.8 Å². The van der Waals surface area contributed by atoms with Crippen LogP contribution in [0.15, 0.2) is 54.9 Å². The minimum atomic E-state index is -0.145. The van der Waals surface area contributed by atoms with Crippen molar-refractivity contribution in [3.63, 3.8) is 0 Å². The standard InChI is InChI=1S/C21H21ClN4O2/c1-3-20(27)25-18(14-4-8-16(22)9-5-14)12-19(26-21(25)23-13-24-26)15-6-10-17(28-2)11-7-15/h4-11,13,18-19H,3,12H2,1-2H3/t18-,19+/m1/s1. The fraction of sp³-hybridized carbons (Fsp3) is 0.286. The van der Waals surface area contributed by atoms with Crippen molar-refractivity contribution >= 4 is 23.5 Å². The highest BCUT2D eigenvalue weighted by Crippen LogP contribution is 2.42. The lowest BCUT2D eigenvalue weighted by Gasteiger charge is -2.39. The van der Waals surface area contributed by atoms with Crippen molar-refractivity contribution in [3.8, 4) is 5.75 Å². The van der Waals surface area contributed by atoms with E-state index < -0.39 is 0 Å². The van der Waals surface area contributed by atoms with Gasteiger partial charge in [-0.1, -0.05) is 42.8 Å². The number of hydrogen-bond donors (Lipinski definition) is 0. The van der Waals surface area contributed by atoms with Gasteiger partial charge in [0.05, 0.1) is 19.2 Å². The van der Waals surface area contributed by atoms with Crippen molar-refractivity contribution in [2.75, 3.05) is 12.0 Å². The van der Waals surface area contributed by atoms with Gasteiger partial charge >= 0.3 is 0 Å². The molecule has 6 nitrogen and oxygen atoms in total. The minimum absolute atomic E-state index is 0.0161. The summed E-state index contributed by atoms with van der Waals surface area (Å²) in [4.78, 5) is 19.0. The third kappa shape index (κ3) is 3.24. The quantitative estimate of drug-likeness (QED) is 0.655. The maximum atomic E-state index is 12.8. The predicted molar refractivity (Wildman–Crippen MR) is 108 cm³/mol. The largest absolute Gasteiger partial charge is 0.497 e. The average Bonchev–Trinajstić information content (AvgIpc) is 3.22. The molecule has 2 aromatic carbocycles. The van der Waals surface area contributed by atoms with E-state index in [1.807, 2.05) is 60.1 Å². The van der Waals surface area contributed by atoms with E-state index >= 15 is 0 Å². The zero-order valence-corrected chi connectivity index (χ0v) is 16.5. The van der Waals surface area contributed by atoms with Gasteiger partial charge in [0.15, 0.2) is 0 Å². The first-order chi connectivity index (χ1) is 13.6. The first-order valence-electron chi connectivity index (χ1n) is 9.23. The summed E-state index contributed by atoms with van der Waals surface area (Å²) in [7, 11) is 1.65. The number of aromatic nitrogens is 3. The van der Waals surface area contributed by atoms with Gasteiger partial charge in [0.1, 0.15) is 12.1 Å². The summed E-state index contributed by atoms with van der Waals surface area (Å²) >= 11 is 6.07. The Morgan fingerprint density at radius 2 is 1.75 bits per heavy atom. The molecule has 1 aliphatic rings. The van der Waals surface area contributed by atoms with Gasteiger partial charge in [-0.15, -0.1) is 0 Å². The minimum Gasteiger partial charge on any atom is -0.497 e. The maximum Gasteiger partial charge on any atom is 0.231 e. The average molecular weight is 397 g/mol. The lowest BCUT2D eigenvalue weighted by molar-refractivity contribution is -0.119. The second kappa shape index (κ2) is 7.64. The van der Waals surface area contributed by atoms with Crippen LogP contribution >= 0.6 is 11.6 Å². The highest BCUT2D eigenvalue weighted by molar-refractivity contribution is 6.30. The Morgan fingerprint density at radius 3 is 2.39 bits per heavy atom. The molecule has 2 atom stereocenters. The van der Waals surface area contributed by atoms with Crippen LogP contribution in [0.25, 0.3) is 0 Å². The monoisotopic (exact) mass is 396 g/mol. The van der Waals surface area contributed by atoms with Gasteiger partial charge in [-0.25, -0.2) is 4.68 Å². The van der Waals surface area contributed by atoms with Gasteiger partial charge in [-0.05, 0) is 41.8 Å². The predicted octanol–water partition coefficient (Wildman–Crippen LogP) is 4.42.